The van der Waals surface area contributed by atoms with Gasteiger partial charge in [-0.15, -0.1) is 0 Å². The van der Waals surface area contributed by atoms with Gasteiger partial charge in [0.15, 0.2) is 0 Å². The molecule has 0 bridgehead atoms. The molecule has 4 rings (SSSR count). The Balaban J connectivity index is 1.58. The first-order valence-electron chi connectivity index (χ1n) is 12.2. The van der Waals surface area contributed by atoms with Gasteiger partial charge in [0, 0.05) is 34.4 Å². The Morgan fingerprint density at radius 1 is 0.971 bits per heavy atom. The summed E-state index contributed by atoms with van der Waals surface area (Å²) >= 11 is 12.5. The number of hydrogen-bond acceptors (Lipinski definition) is 4. The van der Waals surface area contributed by atoms with Crippen molar-refractivity contribution < 1.29 is 14.2 Å². The van der Waals surface area contributed by atoms with Crippen LogP contribution in [0, 0.1) is 0 Å². The highest BCUT2D eigenvalue weighted by molar-refractivity contribution is 6.31. The van der Waals surface area contributed by atoms with Gasteiger partial charge >= 0.3 is 0 Å². The Bertz CT molecular complexity index is 1130. The maximum absolute atomic E-state index is 6.48. The third kappa shape index (κ3) is 6.50. The first-order valence-corrected chi connectivity index (χ1v) is 12.9. The minimum absolute atomic E-state index is 0.268. The zero-order valence-corrected chi connectivity index (χ0v) is 22.0. The summed E-state index contributed by atoms with van der Waals surface area (Å²) < 4.78 is 19.4. The average Bonchev–Trinajstić information content (AvgIpc) is 2.83. The molecule has 186 valence electrons. The summed E-state index contributed by atoms with van der Waals surface area (Å²) in [6, 6.07) is 21.8. The number of fused-ring (bicyclic) bond motifs is 1. The second-order valence-corrected chi connectivity index (χ2v) is 10.3. The van der Waals surface area contributed by atoms with Crippen LogP contribution in [0.5, 0.6) is 5.75 Å². The number of benzene rings is 3. The second kappa shape index (κ2) is 11.7. The van der Waals surface area contributed by atoms with E-state index in [9.17, 15) is 0 Å². The van der Waals surface area contributed by atoms with Gasteiger partial charge in [-0.3, -0.25) is 0 Å². The van der Waals surface area contributed by atoms with Gasteiger partial charge < -0.3 is 19.5 Å². The highest BCUT2D eigenvalue weighted by atomic mass is 35.5. The molecule has 0 aromatic heterocycles. The van der Waals surface area contributed by atoms with E-state index < -0.39 is 5.60 Å². The van der Waals surface area contributed by atoms with Gasteiger partial charge in [-0.2, -0.15) is 0 Å². The minimum Gasteiger partial charge on any atom is -0.485 e. The van der Waals surface area contributed by atoms with Crippen molar-refractivity contribution in [1.82, 2.24) is 0 Å². The van der Waals surface area contributed by atoms with Gasteiger partial charge in [-0.05, 0) is 67.8 Å². The van der Waals surface area contributed by atoms with E-state index in [0.29, 0.717) is 24.8 Å². The molecule has 1 N–H and O–H groups in total. The Kier molecular flexibility index (Phi) is 8.61. The summed E-state index contributed by atoms with van der Waals surface area (Å²) in [5.74, 6) is 0.822. The molecule has 0 saturated heterocycles. The van der Waals surface area contributed by atoms with E-state index in [1.54, 1.807) is 0 Å². The minimum atomic E-state index is -0.582. The van der Waals surface area contributed by atoms with Crippen LogP contribution in [0.4, 0.5) is 5.69 Å². The highest BCUT2D eigenvalue weighted by Gasteiger charge is 2.45. The van der Waals surface area contributed by atoms with Gasteiger partial charge in [0.2, 0.25) is 0 Å². The van der Waals surface area contributed by atoms with Gasteiger partial charge in [-0.1, -0.05) is 66.9 Å². The van der Waals surface area contributed by atoms with Gasteiger partial charge in [0.05, 0.1) is 6.61 Å². The average molecular weight is 514 g/mol. The van der Waals surface area contributed by atoms with Crippen LogP contribution < -0.4 is 10.1 Å². The van der Waals surface area contributed by atoms with Crippen molar-refractivity contribution >= 4 is 28.9 Å². The van der Waals surface area contributed by atoms with Crippen molar-refractivity contribution in [3.05, 3.63) is 93.5 Å². The summed E-state index contributed by atoms with van der Waals surface area (Å²) in [6.07, 6.45) is 1.46. The molecule has 2 atom stereocenters. The second-order valence-electron chi connectivity index (χ2n) is 9.41. The fourth-order valence-electron chi connectivity index (χ4n) is 4.31. The van der Waals surface area contributed by atoms with Crippen LogP contribution >= 0.6 is 23.2 Å². The molecule has 3 aromatic carbocycles. The van der Waals surface area contributed by atoms with Crippen molar-refractivity contribution in [1.29, 1.82) is 0 Å². The van der Waals surface area contributed by atoms with Crippen molar-refractivity contribution in [2.75, 3.05) is 11.9 Å². The molecule has 0 radical (unpaired) electrons. The molecule has 1 aliphatic heterocycles. The molecular weight excluding hydrogens is 481 g/mol. The van der Waals surface area contributed by atoms with Crippen LogP contribution in [0.3, 0.4) is 0 Å². The van der Waals surface area contributed by atoms with Crippen LogP contribution in [-0.2, 0) is 22.6 Å². The van der Waals surface area contributed by atoms with E-state index >= 15 is 0 Å². The number of hydrogen-bond donors (Lipinski definition) is 1. The van der Waals surface area contributed by atoms with Crippen molar-refractivity contribution in [3.63, 3.8) is 0 Å². The molecule has 0 saturated carbocycles. The fourth-order valence-corrected chi connectivity index (χ4v) is 4.71. The number of anilines is 1. The van der Waals surface area contributed by atoms with Crippen LogP contribution in [-0.4, -0.2) is 18.3 Å². The molecule has 3 aromatic rings. The summed E-state index contributed by atoms with van der Waals surface area (Å²) in [4.78, 5) is 0. The number of nitrogens with one attached hydrogen (secondary N) is 1. The van der Waals surface area contributed by atoms with E-state index in [-0.39, 0.29) is 12.2 Å². The van der Waals surface area contributed by atoms with Gasteiger partial charge in [0.25, 0.3) is 0 Å². The van der Waals surface area contributed by atoms with E-state index in [0.717, 1.165) is 46.0 Å². The molecule has 2 unspecified atom stereocenters. The Labute approximate surface area is 218 Å². The smallest absolute Gasteiger partial charge is 0.132 e. The normalized spacial score (nSPS) is 18.5. The first kappa shape index (κ1) is 25.8. The van der Waals surface area contributed by atoms with Crippen LogP contribution in [0.2, 0.25) is 10.0 Å². The number of ether oxygens (including phenoxy) is 3. The van der Waals surface area contributed by atoms with E-state index in [1.807, 2.05) is 54.6 Å². The van der Waals surface area contributed by atoms with Crippen LogP contribution in [0.25, 0.3) is 0 Å². The van der Waals surface area contributed by atoms with Gasteiger partial charge in [-0.25, -0.2) is 0 Å². The lowest BCUT2D eigenvalue weighted by Gasteiger charge is -2.44. The summed E-state index contributed by atoms with van der Waals surface area (Å²) in [6.45, 7) is 7.97. The van der Waals surface area contributed by atoms with Crippen molar-refractivity contribution in [2.45, 2.75) is 64.6 Å². The van der Waals surface area contributed by atoms with Crippen LogP contribution in [0.1, 0.15) is 56.4 Å². The quantitative estimate of drug-likeness (QED) is 0.277. The standard InChI is InChI=1S/C29H33Cl2NO3/c1-4-5-15-33-27-24-17-23(32-18-20-9-8-11-22(30)16-20)13-14-26(24)35-29(2,3)28(27)34-19-21-10-6-7-12-25(21)31/h6-14,16-17,27-28,32H,4-5,15,18-19H2,1-3H3. The molecule has 1 aliphatic rings. The zero-order valence-electron chi connectivity index (χ0n) is 20.5. The van der Waals surface area contributed by atoms with E-state index in [1.165, 1.54) is 0 Å². The Morgan fingerprint density at radius 3 is 2.57 bits per heavy atom. The van der Waals surface area contributed by atoms with E-state index in [2.05, 4.69) is 38.2 Å². The number of halogens is 2. The molecule has 1 heterocycles. The third-order valence-electron chi connectivity index (χ3n) is 6.21. The Hall–Kier alpha value is -2.24. The predicted molar refractivity (Wildman–Crippen MR) is 144 cm³/mol. The lowest BCUT2D eigenvalue weighted by Crippen LogP contribution is -2.51. The van der Waals surface area contributed by atoms with Gasteiger partial charge in [0.1, 0.15) is 23.6 Å². The fraction of sp³-hybridized carbons (Fsp3) is 0.379. The predicted octanol–water partition coefficient (Wildman–Crippen LogP) is 8.22. The SMILES string of the molecule is CCCCOC1c2cc(NCc3cccc(Cl)c3)ccc2OC(C)(C)C1OCc1ccccc1Cl. The number of unbranched alkanes of at least 4 members (excludes halogenated alkanes) is 1. The monoisotopic (exact) mass is 513 g/mol. The van der Waals surface area contributed by atoms with Crippen LogP contribution in [0.15, 0.2) is 66.7 Å². The summed E-state index contributed by atoms with van der Waals surface area (Å²) in [7, 11) is 0. The van der Waals surface area contributed by atoms with Crippen molar-refractivity contribution in [3.8, 4) is 5.75 Å². The lowest BCUT2D eigenvalue weighted by molar-refractivity contribution is -0.167. The summed E-state index contributed by atoms with van der Waals surface area (Å²) in [5.41, 5.74) is 3.45. The first-order chi connectivity index (χ1) is 16.9. The third-order valence-corrected chi connectivity index (χ3v) is 6.81. The van der Waals surface area contributed by atoms with Crippen molar-refractivity contribution in [2.24, 2.45) is 0 Å². The Morgan fingerprint density at radius 2 is 1.80 bits per heavy atom. The van der Waals surface area contributed by atoms with E-state index in [4.69, 9.17) is 37.4 Å². The maximum Gasteiger partial charge on any atom is 0.132 e. The zero-order chi connectivity index (χ0) is 24.8. The largest absolute Gasteiger partial charge is 0.485 e. The highest BCUT2D eigenvalue weighted by Crippen LogP contribution is 2.45. The molecule has 0 fully saturated rings. The molecule has 0 amide bonds. The topological polar surface area (TPSA) is 39.7 Å². The molecule has 35 heavy (non-hydrogen) atoms. The number of rotatable bonds is 10. The molecule has 6 heteroatoms. The summed E-state index contributed by atoms with van der Waals surface area (Å²) in [5, 5.41) is 4.92. The molecule has 0 aliphatic carbocycles. The lowest BCUT2D eigenvalue weighted by atomic mass is 9.87. The molecule has 0 spiro atoms. The molecule has 4 nitrogen and oxygen atoms in total. The maximum atomic E-state index is 6.48. The molecular formula is C29H33Cl2NO3.